The van der Waals surface area contributed by atoms with Crippen molar-refractivity contribution in [2.24, 2.45) is 0 Å². The van der Waals surface area contributed by atoms with Crippen LogP contribution in [0.4, 0.5) is 0 Å². The summed E-state index contributed by atoms with van der Waals surface area (Å²) in [6.45, 7) is -0.314. The summed E-state index contributed by atoms with van der Waals surface area (Å²) in [6.07, 6.45) is 1.66. The smallest absolute Gasteiger partial charge is 0.243 e. The molecule has 1 unspecified atom stereocenters. The maximum Gasteiger partial charge on any atom is 0.243 e. The second-order valence-corrected chi connectivity index (χ2v) is 9.48. The van der Waals surface area contributed by atoms with Crippen LogP contribution in [0.3, 0.4) is 0 Å². The van der Waals surface area contributed by atoms with E-state index in [1.165, 1.54) is 7.05 Å². The van der Waals surface area contributed by atoms with Gasteiger partial charge in [-0.05, 0) is 40.6 Å². The maximum absolute atomic E-state index is 13.1. The van der Waals surface area contributed by atoms with E-state index in [-0.39, 0.29) is 11.4 Å². The molecule has 0 spiro atoms. The van der Waals surface area contributed by atoms with Crippen LogP contribution in [0.25, 0.3) is 10.8 Å². The van der Waals surface area contributed by atoms with Crippen molar-refractivity contribution in [3.8, 4) is 0 Å². The first-order valence-electron chi connectivity index (χ1n) is 10.2. The summed E-state index contributed by atoms with van der Waals surface area (Å²) in [5, 5.41) is 4.70. The van der Waals surface area contributed by atoms with Gasteiger partial charge in [-0.2, -0.15) is 4.31 Å². The van der Waals surface area contributed by atoms with Crippen molar-refractivity contribution >= 4 is 26.7 Å². The number of carbonyl (C=O) groups excluding carboxylic acids is 1. The Labute approximate surface area is 187 Å². The Morgan fingerprint density at radius 2 is 1.59 bits per heavy atom. The van der Waals surface area contributed by atoms with Gasteiger partial charge in [0.05, 0.1) is 23.2 Å². The summed E-state index contributed by atoms with van der Waals surface area (Å²) in [7, 11) is -2.43. The minimum Gasteiger partial charge on any atom is -0.342 e. The number of aromatic nitrogens is 1. The van der Waals surface area contributed by atoms with Gasteiger partial charge in [-0.3, -0.25) is 9.78 Å². The van der Waals surface area contributed by atoms with Gasteiger partial charge in [-0.15, -0.1) is 0 Å². The Bertz CT molecular complexity index is 1290. The molecule has 0 aliphatic heterocycles. The van der Waals surface area contributed by atoms with E-state index in [0.717, 1.165) is 20.6 Å². The zero-order valence-electron chi connectivity index (χ0n) is 17.5. The molecule has 1 atom stereocenters. The summed E-state index contributed by atoms with van der Waals surface area (Å²) in [5.41, 5.74) is 1.53. The molecule has 0 bridgehead atoms. The molecule has 0 aliphatic rings. The van der Waals surface area contributed by atoms with E-state index in [1.807, 2.05) is 66.7 Å². The number of carbonyl (C=O) groups is 1. The van der Waals surface area contributed by atoms with E-state index in [4.69, 9.17) is 0 Å². The van der Waals surface area contributed by atoms with Crippen LogP contribution >= 0.6 is 0 Å². The molecule has 0 saturated heterocycles. The fourth-order valence-electron chi connectivity index (χ4n) is 3.52. The highest BCUT2D eigenvalue weighted by Gasteiger charge is 2.25. The van der Waals surface area contributed by atoms with Gasteiger partial charge in [0.25, 0.3) is 0 Å². The Morgan fingerprint density at radius 1 is 0.906 bits per heavy atom. The molecule has 3 aromatic carbocycles. The van der Waals surface area contributed by atoms with Crippen molar-refractivity contribution in [2.45, 2.75) is 10.9 Å². The molecule has 0 fully saturated rings. The number of nitrogens with zero attached hydrogens (tertiary/aromatic N) is 2. The third-order valence-electron chi connectivity index (χ3n) is 5.22. The lowest BCUT2D eigenvalue weighted by molar-refractivity contribution is -0.121. The van der Waals surface area contributed by atoms with Gasteiger partial charge in [0, 0.05) is 13.2 Å². The average molecular weight is 446 g/mol. The lowest BCUT2D eigenvalue weighted by Crippen LogP contribution is -2.40. The van der Waals surface area contributed by atoms with Crippen LogP contribution in [-0.4, -0.2) is 37.2 Å². The van der Waals surface area contributed by atoms with Crippen LogP contribution in [0.5, 0.6) is 0 Å². The van der Waals surface area contributed by atoms with E-state index in [0.29, 0.717) is 5.69 Å². The minimum atomic E-state index is -3.83. The Morgan fingerprint density at radius 3 is 2.31 bits per heavy atom. The van der Waals surface area contributed by atoms with Crippen molar-refractivity contribution < 1.29 is 13.2 Å². The van der Waals surface area contributed by atoms with Crippen molar-refractivity contribution in [3.63, 3.8) is 0 Å². The predicted octanol–water partition coefficient (Wildman–Crippen LogP) is 3.76. The topological polar surface area (TPSA) is 79.4 Å². The van der Waals surface area contributed by atoms with E-state index >= 15 is 0 Å². The summed E-state index contributed by atoms with van der Waals surface area (Å²) < 4.78 is 27.2. The Balaban J connectivity index is 1.53. The SMILES string of the molecule is CN(CC(=O)NC(c1ccccc1)c1ccccn1)S(=O)(=O)c1ccc2ccccc2c1. The number of hydrogen-bond acceptors (Lipinski definition) is 4. The fraction of sp³-hybridized carbons (Fsp3) is 0.120. The first-order valence-corrected chi connectivity index (χ1v) is 11.6. The molecule has 6 nitrogen and oxygen atoms in total. The second kappa shape index (κ2) is 9.30. The quantitative estimate of drug-likeness (QED) is 0.470. The third kappa shape index (κ3) is 4.69. The predicted molar refractivity (Wildman–Crippen MR) is 124 cm³/mol. The average Bonchev–Trinajstić information content (AvgIpc) is 2.83. The molecule has 0 aliphatic carbocycles. The number of sulfonamides is 1. The summed E-state index contributed by atoms with van der Waals surface area (Å²) in [6, 6.07) is 26.9. The molecule has 0 radical (unpaired) electrons. The van der Waals surface area contributed by atoms with Gasteiger partial charge in [-0.1, -0.05) is 66.7 Å². The molecular formula is C25H23N3O3S. The second-order valence-electron chi connectivity index (χ2n) is 7.44. The van der Waals surface area contributed by atoms with Crippen LogP contribution in [0.2, 0.25) is 0 Å². The number of likely N-dealkylation sites (N-methyl/N-ethyl adjacent to an activating group) is 1. The molecule has 4 rings (SSSR count). The highest BCUT2D eigenvalue weighted by Crippen LogP contribution is 2.22. The first kappa shape index (κ1) is 21.7. The number of fused-ring (bicyclic) bond motifs is 1. The molecule has 32 heavy (non-hydrogen) atoms. The van der Waals surface area contributed by atoms with Gasteiger partial charge in [0.15, 0.2) is 0 Å². The number of rotatable bonds is 7. The maximum atomic E-state index is 13.1. The first-order chi connectivity index (χ1) is 15.4. The van der Waals surface area contributed by atoms with Crippen LogP contribution < -0.4 is 5.32 Å². The molecule has 1 amide bonds. The van der Waals surface area contributed by atoms with Gasteiger partial charge < -0.3 is 5.32 Å². The lowest BCUT2D eigenvalue weighted by Gasteiger charge is -2.22. The van der Waals surface area contributed by atoms with Crippen molar-refractivity contribution in [1.29, 1.82) is 0 Å². The number of nitrogens with one attached hydrogen (secondary N) is 1. The van der Waals surface area contributed by atoms with Gasteiger partial charge in [0.2, 0.25) is 15.9 Å². The van der Waals surface area contributed by atoms with Crippen molar-refractivity contribution in [2.75, 3.05) is 13.6 Å². The molecule has 162 valence electrons. The normalized spacial score (nSPS) is 12.6. The van der Waals surface area contributed by atoms with E-state index < -0.39 is 22.0 Å². The standard InChI is InChI=1S/C25H23N3O3S/c1-28(32(30,31)22-15-14-19-9-5-6-12-21(19)17-22)18-24(29)27-25(20-10-3-2-4-11-20)23-13-7-8-16-26-23/h2-17,25H,18H2,1H3,(H,27,29). The summed E-state index contributed by atoms with van der Waals surface area (Å²) in [4.78, 5) is 17.4. The molecule has 1 N–H and O–H groups in total. The largest absolute Gasteiger partial charge is 0.342 e. The molecule has 7 heteroatoms. The third-order valence-corrected chi connectivity index (χ3v) is 7.02. The number of amides is 1. The molecule has 1 aromatic heterocycles. The number of benzene rings is 3. The molecule has 1 heterocycles. The van der Waals surface area contributed by atoms with E-state index in [1.54, 1.807) is 30.5 Å². The minimum absolute atomic E-state index is 0.149. The van der Waals surface area contributed by atoms with Gasteiger partial charge in [-0.25, -0.2) is 8.42 Å². The zero-order valence-corrected chi connectivity index (χ0v) is 18.4. The van der Waals surface area contributed by atoms with Gasteiger partial charge >= 0.3 is 0 Å². The molecular weight excluding hydrogens is 422 g/mol. The Kier molecular flexibility index (Phi) is 6.30. The highest BCUT2D eigenvalue weighted by molar-refractivity contribution is 7.89. The number of hydrogen-bond donors (Lipinski definition) is 1. The van der Waals surface area contributed by atoms with Gasteiger partial charge in [0.1, 0.15) is 0 Å². The van der Waals surface area contributed by atoms with E-state index in [2.05, 4.69) is 10.3 Å². The summed E-state index contributed by atoms with van der Waals surface area (Å²) in [5.74, 6) is -0.420. The van der Waals surface area contributed by atoms with Crippen molar-refractivity contribution in [3.05, 3.63) is 108 Å². The van der Waals surface area contributed by atoms with Crippen LogP contribution in [-0.2, 0) is 14.8 Å². The zero-order chi connectivity index (χ0) is 22.6. The fourth-order valence-corrected chi connectivity index (χ4v) is 4.68. The molecule has 4 aromatic rings. The molecule has 0 saturated carbocycles. The van der Waals surface area contributed by atoms with Crippen LogP contribution in [0.1, 0.15) is 17.3 Å². The lowest BCUT2D eigenvalue weighted by atomic mass is 10.0. The monoisotopic (exact) mass is 445 g/mol. The van der Waals surface area contributed by atoms with E-state index in [9.17, 15) is 13.2 Å². The van der Waals surface area contributed by atoms with Crippen molar-refractivity contribution in [1.82, 2.24) is 14.6 Å². The number of pyridine rings is 1. The summed E-state index contributed by atoms with van der Waals surface area (Å²) >= 11 is 0. The van der Waals surface area contributed by atoms with Crippen LogP contribution in [0.15, 0.2) is 102 Å². The Hall–Kier alpha value is -3.55. The highest BCUT2D eigenvalue weighted by atomic mass is 32.2. The van der Waals surface area contributed by atoms with Crippen LogP contribution in [0, 0.1) is 0 Å².